The van der Waals surface area contributed by atoms with E-state index in [1.54, 1.807) is 0 Å². The van der Waals surface area contributed by atoms with Crippen LogP contribution in [0.15, 0.2) is 36.4 Å². The van der Waals surface area contributed by atoms with Crippen molar-refractivity contribution in [1.82, 2.24) is 4.90 Å². The molecule has 0 atom stereocenters. The predicted octanol–water partition coefficient (Wildman–Crippen LogP) is 8.42. The average Bonchev–Trinajstić information content (AvgIpc) is 2.78. The van der Waals surface area contributed by atoms with Crippen LogP contribution in [-0.2, 0) is 0 Å². The molecule has 0 radical (unpaired) electrons. The molecule has 0 aliphatic rings. The molecule has 3 nitrogen and oxygen atoms in total. The fourth-order valence-corrected chi connectivity index (χ4v) is 4.75. The Morgan fingerprint density at radius 2 is 0.853 bits per heavy atom. The second kappa shape index (κ2) is 13.8. The summed E-state index contributed by atoms with van der Waals surface area (Å²) in [5.41, 5.74) is 8.48. The summed E-state index contributed by atoms with van der Waals surface area (Å²) in [5, 5.41) is 7.57. The molecule has 0 aromatic heterocycles. The zero-order valence-electron chi connectivity index (χ0n) is 23.5. The molecule has 34 heavy (non-hydrogen) atoms. The number of nitrogens with one attached hydrogen (secondary N) is 2. The summed E-state index contributed by atoms with van der Waals surface area (Å²) in [6, 6.07) is 13.5. The van der Waals surface area contributed by atoms with E-state index in [1.165, 1.54) is 33.6 Å². The molecule has 0 fully saturated rings. The summed E-state index contributed by atoms with van der Waals surface area (Å²) < 4.78 is 0. The lowest BCUT2D eigenvalue weighted by Gasteiger charge is -2.23. The fraction of sp³-hybridized carbons (Fsp3) is 0.613. The number of nitrogens with zero attached hydrogens (tertiary/aromatic N) is 1. The van der Waals surface area contributed by atoms with Crippen LogP contribution in [0, 0.1) is 0 Å². The molecule has 3 heteroatoms. The van der Waals surface area contributed by atoms with Crippen LogP contribution >= 0.6 is 0 Å². The Balaban J connectivity index is 1.81. The topological polar surface area (TPSA) is 27.3 Å². The van der Waals surface area contributed by atoms with Gasteiger partial charge in [-0.25, -0.2) is 0 Å². The van der Waals surface area contributed by atoms with Crippen molar-refractivity contribution in [1.29, 1.82) is 0 Å². The van der Waals surface area contributed by atoms with Gasteiger partial charge in [0.2, 0.25) is 0 Å². The molecule has 2 aromatic rings. The molecule has 0 bridgehead atoms. The third-order valence-corrected chi connectivity index (χ3v) is 6.78. The molecule has 0 aliphatic heterocycles. The lowest BCUT2D eigenvalue weighted by atomic mass is 9.92. The summed E-state index contributed by atoms with van der Waals surface area (Å²) in [7, 11) is 2.25. The van der Waals surface area contributed by atoms with Crippen molar-refractivity contribution in [2.24, 2.45) is 0 Å². The van der Waals surface area contributed by atoms with Crippen molar-refractivity contribution in [3.63, 3.8) is 0 Å². The molecule has 0 spiro atoms. The normalized spacial score (nSPS) is 11.9. The van der Waals surface area contributed by atoms with Gasteiger partial charge in [0.15, 0.2) is 0 Å². The first-order valence-corrected chi connectivity index (χ1v) is 13.5. The van der Waals surface area contributed by atoms with Gasteiger partial charge in [-0.05, 0) is 78.9 Å². The quantitative estimate of drug-likeness (QED) is 0.274. The van der Waals surface area contributed by atoms with Gasteiger partial charge < -0.3 is 15.5 Å². The monoisotopic (exact) mass is 465 g/mol. The Morgan fingerprint density at radius 3 is 1.12 bits per heavy atom. The van der Waals surface area contributed by atoms with Crippen LogP contribution in [-0.4, -0.2) is 38.1 Å². The predicted molar refractivity (Wildman–Crippen MR) is 153 cm³/mol. The zero-order valence-corrected chi connectivity index (χ0v) is 23.5. The van der Waals surface area contributed by atoms with E-state index < -0.39 is 0 Å². The van der Waals surface area contributed by atoms with Gasteiger partial charge in [-0.15, -0.1) is 0 Å². The number of benzene rings is 2. The summed E-state index contributed by atoms with van der Waals surface area (Å²) >= 11 is 0. The molecule has 0 heterocycles. The maximum atomic E-state index is 3.78. The summed E-state index contributed by atoms with van der Waals surface area (Å²) in [6.07, 6.45) is 2.31. The largest absolute Gasteiger partial charge is 0.385 e. The maximum Gasteiger partial charge on any atom is 0.0410 e. The van der Waals surface area contributed by atoms with Crippen LogP contribution < -0.4 is 10.6 Å². The van der Waals surface area contributed by atoms with Gasteiger partial charge in [-0.2, -0.15) is 0 Å². The van der Waals surface area contributed by atoms with Crippen molar-refractivity contribution >= 4 is 11.4 Å². The highest BCUT2D eigenvalue weighted by atomic mass is 15.1. The molecular weight excluding hydrogens is 414 g/mol. The van der Waals surface area contributed by atoms with Crippen molar-refractivity contribution < 1.29 is 0 Å². The Bertz CT molecular complexity index is 743. The van der Waals surface area contributed by atoms with Crippen LogP contribution in [0.4, 0.5) is 11.4 Å². The van der Waals surface area contributed by atoms with Crippen molar-refractivity contribution in [3.05, 3.63) is 58.7 Å². The van der Waals surface area contributed by atoms with E-state index >= 15 is 0 Å². The van der Waals surface area contributed by atoms with E-state index in [0.717, 1.165) is 39.0 Å². The highest BCUT2D eigenvalue weighted by Gasteiger charge is 2.14. The number of anilines is 2. The minimum atomic E-state index is 0.536. The van der Waals surface area contributed by atoms with Crippen molar-refractivity contribution in [2.75, 3.05) is 43.9 Å². The molecule has 2 N–H and O–H groups in total. The Morgan fingerprint density at radius 1 is 0.559 bits per heavy atom. The first kappa shape index (κ1) is 28.2. The van der Waals surface area contributed by atoms with Crippen LogP contribution in [0.5, 0.6) is 0 Å². The zero-order chi connectivity index (χ0) is 25.3. The molecular formula is C31H51N3. The van der Waals surface area contributed by atoms with Gasteiger partial charge in [-0.1, -0.05) is 91.8 Å². The van der Waals surface area contributed by atoms with E-state index in [9.17, 15) is 0 Å². The molecule has 2 rings (SSSR count). The molecule has 0 unspecified atom stereocenters. The number of rotatable bonds is 14. The number of para-hydroxylation sites is 2. The standard InChI is InChI=1S/C31H51N3/c1-22(2)26-14-10-15-27(23(3)4)30(26)32-18-12-20-34(9)21-13-19-33-31-28(24(5)6)16-11-17-29(31)25(7)8/h10-11,14-17,22-25,32-33H,12-13,18-21H2,1-9H3. The van der Waals surface area contributed by atoms with Crippen LogP contribution in [0.3, 0.4) is 0 Å². The van der Waals surface area contributed by atoms with Crippen LogP contribution in [0.1, 0.15) is 114 Å². The Kier molecular flexibility index (Phi) is 11.4. The summed E-state index contributed by atoms with van der Waals surface area (Å²) in [6.45, 7) is 22.6. The average molecular weight is 466 g/mol. The van der Waals surface area contributed by atoms with E-state index in [1.807, 2.05) is 0 Å². The second-order valence-electron chi connectivity index (χ2n) is 11.1. The smallest absolute Gasteiger partial charge is 0.0410 e. The van der Waals surface area contributed by atoms with Gasteiger partial charge in [0.25, 0.3) is 0 Å². The van der Waals surface area contributed by atoms with Gasteiger partial charge >= 0.3 is 0 Å². The molecule has 2 aromatic carbocycles. The second-order valence-corrected chi connectivity index (χ2v) is 11.1. The highest BCUT2D eigenvalue weighted by molar-refractivity contribution is 5.61. The van der Waals surface area contributed by atoms with Crippen molar-refractivity contribution in [2.45, 2.75) is 91.9 Å². The third kappa shape index (κ3) is 8.05. The van der Waals surface area contributed by atoms with Crippen LogP contribution in [0.2, 0.25) is 0 Å². The van der Waals surface area contributed by atoms with Gasteiger partial charge in [-0.3, -0.25) is 0 Å². The molecule has 0 saturated carbocycles. The SMILES string of the molecule is CC(C)c1cccc(C(C)C)c1NCCCN(C)CCCNc1c(C(C)C)cccc1C(C)C. The number of hydrogen-bond donors (Lipinski definition) is 2. The van der Waals surface area contributed by atoms with E-state index in [-0.39, 0.29) is 0 Å². The molecule has 0 aliphatic carbocycles. The minimum Gasteiger partial charge on any atom is -0.385 e. The number of hydrogen-bond acceptors (Lipinski definition) is 3. The van der Waals surface area contributed by atoms with Gasteiger partial charge in [0.05, 0.1) is 0 Å². The van der Waals surface area contributed by atoms with E-state index in [2.05, 4.69) is 114 Å². The van der Waals surface area contributed by atoms with E-state index in [4.69, 9.17) is 0 Å². The summed E-state index contributed by atoms with van der Waals surface area (Å²) in [4.78, 5) is 2.47. The van der Waals surface area contributed by atoms with Crippen LogP contribution in [0.25, 0.3) is 0 Å². The summed E-state index contributed by atoms with van der Waals surface area (Å²) in [5.74, 6) is 2.14. The molecule has 0 saturated heterocycles. The Hall–Kier alpha value is -2.00. The van der Waals surface area contributed by atoms with Gasteiger partial charge in [0, 0.05) is 24.5 Å². The highest BCUT2D eigenvalue weighted by Crippen LogP contribution is 2.33. The molecule has 190 valence electrons. The lowest BCUT2D eigenvalue weighted by molar-refractivity contribution is 0.331. The van der Waals surface area contributed by atoms with E-state index in [0.29, 0.717) is 23.7 Å². The first-order valence-electron chi connectivity index (χ1n) is 13.5. The maximum absolute atomic E-state index is 3.78. The fourth-order valence-electron chi connectivity index (χ4n) is 4.75. The molecule has 0 amide bonds. The lowest BCUT2D eigenvalue weighted by Crippen LogP contribution is -2.24. The first-order chi connectivity index (χ1) is 16.1. The minimum absolute atomic E-state index is 0.536. The van der Waals surface area contributed by atoms with Gasteiger partial charge in [0.1, 0.15) is 0 Å². The third-order valence-electron chi connectivity index (χ3n) is 6.78. The van der Waals surface area contributed by atoms with Crippen molar-refractivity contribution in [3.8, 4) is 0 Å². The Labute approximate surface area is 210 Å².